The van der Waals surface area contributed by atoms with Crippen LogP contribution in [0.1, 0.15) is 0 Å². The van der Waals surface area contributed by atoms with E-state index in [0.717, 1.165) is 0 Å². The number of carbonyl (C=O) groups is 1. The van der Waals surface area contributed by atoms with Gasteiger partial charge in [0.15, 0.2) is 5.78 Å². The Balaban J connectivity index is 2.11. The molecule has 0 bridgehead atoms. The quantitative estimate of drug-likeness (QED) is 0.581. The molecule has 0 radical (unpaired) electrons. The molecule has 1 atom stereocenters. The van der Waals surface area contributed by atoms with Crippen LogP contribution in [0.3, 0.4) is 0 Å². The van der Waals surface area contributed by atoms with Crippen molar-refractivity contribution in [3.05, 3.63) is 12.2 Å². The lowest BCUT2D eigenvalue weighted by atomic mass is 10.2. The predicted octanol–water partition coefficient (Wildman–Crippen LogP) is -0.797. The Labute approximate surface area is 74.9 Å². The van der Waals surface area contributed by atoms with Gasteiger partial charge in [0.2, 0.25) is 12.1 Å². The first kappa shape index (κ1) is 8.83. The number of ketones is 1. The number of ether oxygens (including phenoxy) is 3. The number of hydrogen-bond donors (Lipinski definition) is 1. The fraction of sp³-hybridized carbons (Fsp3) is 0.625. The number of aliphatic hydroxyl groups is 1. The van der Waals surface area contributed by atoms with E-state index in [-0.39, 0.29) is 12.4 Å². The maximum absolute atomic E-state index is 10.8. The van der Waals surface area contributed by atoms with Crippen LogP contribution in [-0.4, -0.2) is 42.8 Å². The summed E-state index contributed by atoms with van der Waals surface area (Å²) >= 11 is 0. The Hall–Kier alpha value is -0.750. The predicted molar refractivity (Wildman–Crippen MR) is 40.7 cm³/mol. The standard InChI is InChI=1S/C8H10O5/c9-6-1-2-8(10,13-5-6)7-11-3-4-12-7/h1-2,7,10H,3-5H2/t8-/m0/s1. The van der Waals surface area contributed by atoms with Crippen LogP contribution in [0.5, 0.6) is 0 Å². The van der Waals surface area contributed by atoms with Crippen molar-refractivity contribution in [2.24, 2.45) is 0 Å². The summed E-state index contributed by atoms with van der Waals surface area (Å²) in [5.74, 6) is -1.78. The highest BCUT2D eigenvalue weighted by Gasteiger charge is 2.42. The van der Waals surface area contributed by atoms with Gasteiger partial charge in [-0.15, -0.1) is 0 Å². The first-order valence-corrected chi connectivity index (χ1v) is 4.02. The van der Waals surface area contributed by atoms with Gasteiger partial charge >= 0.3 is 0 Å². The third kappa shape index (κ3) is 1.64. The summed E-state index contributed by atoms with van der Waals surface area (Å²) < 4.78 is 15.1. The SMILES string of the molecule is O=C1C=C[C@@](O)(C2OCCO2)OC1. The van der Waals surface area contributed by atoms with E-state index in [4.69, 9.17) is 14.2 Å². The van der Waals surface area contributed by atoms with Crippen molar-refractivity contribution in [2.75, 3.05) is 19.8 Å². The van der Waals surface area contributed by atoms with Crippen molar-refractivity contribution >= 4 is 5.78 Å². The van der Waals surface area contributed by atoms with Crippen LogP contribution in [0, 0.1) is 0 Å². The number of hydrogen-bond acceptors (Lipinski definition) is 5. The van der Waals surface area contributed by atoms with Crippen molar-refractivity contribution < 1.29 is 24.1 Å². The Kier molecular flexibility index (Phi) is 2.17. The van der Waals surface area contributed by atoms with Gasteiger partial charge in [0.1, 0.15) is 6.61 Å². The monoisotopic (exact) mass is 186 g/mol. The molecular weight excluding hydrogens is 176 g/mol. The Morgan fingerprint density at radius 3 is 2.69 bits per heavy atom. The first-order chi connectivity index (χ1) is 6.21. The number of rotatable bonds is 1. The second-order valence-electron chi connectivity index (χ2n) is 2.91. The summed E-state index contributed by atoms with van der Waals surface area (Å²) in [5.41, 5.74) is 0. The highest BCUT2D eigenvalue weighted by Crippen LogP contribution is 2.24. The topological polar surface area (TPSA) is 65.0 Å². The number of carbonyl (C=O) groups excluding carboxylic acids is 1. The molecule has 13 heavy (non-hydrogen) atoms. The zero-order valence-corrected chi connectivity index (χ0v) is 6.93. The van der Waals surface area contributed by atoms with Gasteiger partial charge in [-0.1, -0.05) is 0 Å². The summed E-state index contributed by atoms with van der Waals surface area (Å²) in [6.07, 6.45) is 1.71. The zero-order valence-electron chi connectivity index (χ0n) is 6.93. The Morgan fingerprint density at radius 1 is 1.46 bits per heavy atom. The fourth-order valence-electron chi connectivity index (χ4n) is 1.24. The van der Waals surface area contributed by atoms with E-state index in [1.54, 1.807) is 0 Å². The van der Waals surface area contributed by atoms with E-state index in [2.05, 4.69) is 0 Å². The molecule has 5 nitrogen and oxygen atoms in total. The van der Waals surface area contributed by atoms with Gasteiger partial charge in [-0.25, -0.2) is 0 Å². The molecule has 2 aliphatic heterocycles. The average Bonchev–Trinajstić information content (AvgIpc) is 2.63. The molecule has 0 aromatic rings. The van der Waals surface area contributed by atoms with Crippen LogP contribution in [0.25, 0.3) is 0 Å². The minimum absolute atomic E-state index is 0.143. The summed E-state index contributed by atoms with van der Waals surface area (Å²) in [6.45, 7) is 0.715. The molecular formula is C8H10O5. The Morgan fingerprint density at radius 2 is 2.15 bits per heavy atom. The lowest BCUT2D eigenvalue weighted by molar-refractivity contribution is -0.279. The van der Waals surface area contributed by atoms with E-state index in [1.165, 1.54) is 12.2 Å². The molecule has 0 aromatic carbocycles. The molecule has 0 spiro atoms. The minimum atomic E-state index is -1.61. The summed E-state index contributed by atoms with van der Waals surface area (Å²) in [4.78, 5) is 10.8. The molecule has 0 saturated carbocycles. The molecule has 0 unspecified atom stereocenters. The zero-order chi connectivity index (χ0) is 9.31. The largest absolute Gasteiger partial charge is 0.358 e. The molecule has 2 aliphatic rings. The van der Waals surface area contributed by atoms with Gasteiger partial charge in [-0.05, 0) is 12.2 Å². The molecule has 2 heterocycles. The van der Waals surface area contributed by atoms with E-state index in [9.17, 15) is 9.90 Å². The second-order valence-corrected chi connectivity index (χ2v) is 2.91. The summed E-state index contributed by atoms with van der Waals surface area (Å²) in [6, 6.07) is 0. The van der Waals surface area contributed by atoms with Crippen molar-refractivity contribution in [2.45, 2.75) is 12.1 Å². The maximum atomic E-state index is 10.8. The lowest BCUT2D eigenvalue weighted by Gasteiger charge is -2.30. The van der Waals surface area contributed by atoms with Crippen LogP contribution >= 0.6 is 0 Å². The average molecular weight is 186 g/mol. The van der Waals surface area contributed by atoms with E-state index >= 15 is 0 Å². The van der Waals surface area contributed by atoms with Gasteiger partial charge in [0.25, 0.3) is 0 Å². The van der Waals surface area contributed by atoms with Crippen molar-refractivity contribution in [1.82, 2.24) is 0 Å². The molecule has 72 valence electrons. The molecule has 2 rings (SSSR count). The Bertz CT molecular complexity index is 243. The van der Waals surface area contributed by atoms with Gasteiger partial charge < -0.3 is 19.3 Å². The molecule has 1 fully saturated rings. The van der Waals surface area contributed by atoms with Gasteiger partial charge in [-0.2, -0.15) is 0 Å². The highest BCUT2D eigenvalue weighted by atomic mass is 16.8. The molecule has 5 heteroatoms. The molecule has 0 amide bonds. The van der Waals surface area contributed by atoms with Crippen LogP contribution in [-0.2, 0) is 19.0 Å². The first-order valence-electron chi connectivity index (χ1n) is 4.02. The fourth-order valence-corrected chi connectivity index (χ4v) is 1.24. The third-order valence-corrected chi connectivity index (χ3v) is 1.91. The lowest BCUT2D eigenvalue weighted by Crippen LogP contribution is -2.46. The van der Waals surface area contributed by atoms with Crippen LogP contribution < -0.4 is 0 Å². The van der Waals surface area contributed by atoms with E-state index in [1.807, 2.05) is 0 Å². The minimum Gasteiger partial charge on any atom is -0.358 e. The van der Waals surface area contributed by atoms with Crippen LogP contribution in [0.4, 0.5) is 0 Å². The van der Waals surface area contributed by atoms with Gasteiger partial charge in [0.05, 0.1) is 13.2 Å². The molecule has 0 aliphatic carbocycles. The summed E-state index contributed by atoms with van der Waals surface area (Å²) in [7, 11) is 0. The molecule has 1 saturated heterocycles. The molecule has 1 N–H and O–H groups in total. The van der Waals surface area contributed by atoms with Gasteiger partial charge in [-0.3, -0.25) is 4.79 Å². The van der Waals surface area contributed by atoms with Crippen molar-refractivity contribution in [3.8, 4) is 0 Å². The van der Waals surface area contributed by atoms with Gasteiger partial charge in [0, 0.05) is 0 Å². The van der Waals surface area contributed by atoms with Crippen molar-refractivity contribution in [3.63, 3.8) is 0 Å². The smallest absolute Gasteiger partial charge is 0.239 e. The summed E-state index contributed by atoms with van der Waals surface area (Å²) in [5, 5.41) is 9.78. The van der Waals surface area contributed by atoms with Crippen molar-refractivity contribution in [1.29, 1.82) is 0 Å². The van der Waals surface area contributed by atoms with Crippen LogP contribution in [0.2, 0.25) is 0 Å². The maximum Gasteiger partial charge on any atom is 0.239 e. The third-order valence-electron chi connectivity index (χ3n) is 1.91. The molecule has 0 aromatic heterocycles. The van der Waals surface area contributed by atoms with Crippen LogP contribution in [0.15, 0.2) is 12.2 Å². The van der Waals surface area contributed by atoms with E-state index in [0.29, 0.717) is 13.2 Å². The normalized spacial score (nSPS) is 35.6. The van der Waals surface area contributed by atoms with E-state index < -0.39 is 12.1 Å². The highest BCUT2D eigenvalue weighted by molar-refractivity contribution is 5.91. The second kappa shape index (κ2) is 3.19.